The third-order valence-electron chi connectivity index (χ3n) is 6.17. The molecule has 0 radical (unpaired) electrons. The van der Waals surface area contributed by atoms with E-state index in [0.29, 0.717) is 40.8 Å². The number of H-pyrrole nitrogens is 1. The minimum absolute atomic E-state index is 0.0545. The van der Waals surface area contributed by atoms with Gasteiger partial charge in [-0.25, -0.2) is 0 Å². The van der Waals surface area contributed by atoms with Crippen LogP contribution in [0.5, 0.6) is 5.75 Å². The number of carbonyl (C=O) groups excluding carboxylic acids is 2. The van der Waals surface area contributed by atoms with Crippen LogP contribution in [0, 0.1) is 0 Å². The van der Waals surface area contributed by atoms with Gasteiger partial charge in [-0.1, -0.05) is 13.0 Å². The Morgan fingerprint density at radius 1 is 0.895 bits per heavy atom. The van der Waals surface area contributed by atoms with Gasteiger partial charge in [-0.2, -0.15) is 0 Å². The molecule has 0 aliphatic rings. The van der Waals surface area contributed by atoms with E-state index in [1.807, 2.05) is 24.3 Å². The summed E-state index contributed by atoms with van der Waals surface area (Å²) in [7, 11) is 0. The molecule has 198 valence electrons. The zero-order valence-corrected chi connectivity index (χ0v) is 22.6. The fourth-order valence-corrected chi connectivity index (χ4v) is 4.70. The number of phenolic OH excluding ortho intramolecular Hbond substituents is 1. The molecule has 4 aromatic rings. The molecule has 1 heterocycles. The summed E-state index contributed by atoms with van der Waals surface area (Å²) >= 11 is 11.8. The Morgan fingerprint density at radius 3 is 2.39 bits per heavy atom. The van der Waals surface area contributed by atoms with E-state index in [1.165, 1.54) is 6.07 Å². The zero-order valence-electron chi connectivity index (χ0n) is 21.1. The fourth-order valence-electron chi connectivity index (χ4n) is 4.29. The largest absolute Gasteiger partial charge is 0.508 e. The van der Waals surface area contributed by atoms with Crippen LogP contribution in [-0.2, 0) is 6.42 Å². The Hall–Kier alpha value is -3.68. The van der Waals surface area contributed by atoms with E-state index in [9.17, 15) is 14.7 Å². The van der Waals surface area contributed by atoms with Crippen LogP contribution >= 0.6 is 23.2 Å². The second kappa shape index (κ2) is 12.7. The molecule has 0 aliphatic heterocycles. The standard InChI is InChI=1S/C29H30Cl2N4O3/c1-2-14-35(15-13-31)23-7-3-20(4-8-23)28(37)32-22-6-10-25-21(16-22)17-27(33-25)29(38)34-26-18-24(36)9-5-19(26)11-12-30/h3-10,16-18,33,36H,2,11-15H2,1H3,(H,32,37)(H,34,38). The van der Waals surface area contributed by atoms with E-state index in [0.717, 1.165) is 41.7 Å². The number of amides is 2. The van der Waals surface area contributed by atoms with E-state index in [4.69, 9.17) is 23.2 Å². The molecule has 38 heavy (non-hydrogen) atoms. The smallest absolute Gasteiger partial charge is 0.272 e. The SMILES string of the molecule is CCCN(CCCl)c1ccc(C(=O)Nc2ccc3[nH]c(C(=O)Nc4cc(O)ccc4CCCl)cc3c2)cc1. The summed E-state index contributed by atoms with van der Waals surface area (Å²) in [6.45, 7) is 3.77. The van der Waals surface area contributed by atoms with Crippen molar-refractivity contribution in [3.8, 4) is 5.75 Å². The monoisotopic (exact) mass is 552 g/mol. The molecule has 3 aromatic carbocycles. The molecule has 0 saturated heterocycles. The molecule has 1 aromatic heterocycles. The number of aromatic nitrogens is 1. The van der Waals surface area contributed by atoms with Crippen LogP contribution in [0.25, 0.3) is 10.9 Å². The first-order valence-electron chi connectivity index (χ1n) is 12.5. The zero-order chi connectivity index (χ0) is 27.1. The second-order valence-electron chi connectivity index (χ2n) is 8.90. The summed E-state index contributed by atoms with van der Waals surface area (Å²) in [6, 6.07) is 19.4. The van der Waals surface area contributed by atoms with Gasteiger partial charge in [-0.05, 0) is 73.0 Å². The molecule has 4 rings (SSSR count). The Kier molecular flexibility index (Phi) is 9.15. The van der Waals surface area contributed by atoms with Crippen molar-refractivity contribution >= 4 is 63.0 Å². The van der Waals surface area contributed by atoms with E-state index in [2.05, 4.69) is 27.4 Å². The van der Waals surface area contributed by atoms with Crippen molar-refractivity contribution in [2.45, 2.75) is 19.8 Å². The third kappa shape index (κ3) is 6.60. The van der Waals surface area contributed by atoms with Gasteiger partial charge in [0.2, 0.25) is 0 Å². The van der Waals surface area contributed by atoms with Gasteiger partial charge in [0, 0.05) is 64.4 Å². The third-order valence-corrected chi connectivity index (χ3v) is 6.53. The molecule has 0 spiro atoms. The molecule has 2 amide bonds. The average Bonchev–Trinajstić information content (AvgIpc) is 3.34. The highest BCUT2D eigenvalue weighted by molar-refractivity contribution is 6.18. The van der Waals surface area contributed by atoms with Gasteiger partial charge < -0.3 is 25.6 Å². The fraction of sp³-hybridized carbons (Fsp3) is 0.241. The summed E-state index contributed by atoms with van der Waals surface area (Å²) in [5, 5.41) is 16.4. The predicted octanol–water partition coefficient (Wildman–Crippen LogP) is 6.61. The van der Waals surface area contributed by atoms with Gasteiger partial charge in [0.25, 0.3) is 11.8 Å². The first kappa shape index (κ1) is 27.4. The molecule has 0 unspecified atom stereocenters. The van der Waals surface area contributed by atoms with Crippen LogP contribution in [0.1, 0.15) is 39.8 Å². The first-order chi connectivity index (χ1) is 18.4. The predicted molar refractivity (Wildman–Crippen MR) is 156 cm³/mol. The number of anilines is 3. The lowest BCUT2D eigenvalue weighted by molar-refractivity contribution is 0.101. The lowest BCUT2D eigenvalue weighted by Crippen LogP contribution is -2.26. The van der Waals surface area contributed by atoms with Crippen molar-refractivity contribution in [2.24, 2.45) is 0 Å². The number of phenols is 1. The van der Waals surface area contributed by atoms with Gasteiger partial charge in [0.1, 0.15) is 11.4 Å². The molecule has 0 aliphatic carbocycles. The Morgan fingerprint density at radius 2 is 1.68 bits per heavy atom. The normalized spacial score (nSPS) is 10.9. The second-order valence-corrected chi connectivity index (χ2v) is 9.65. The number of fused-ring (bicyclic) bond motifs is 1. The molecular formula is C29H30Cl2N4O3. The number of rotatable bonds is 11. The molecule has 7 nitrogen and oxygen atoms in total. The molecule has 0 bridgehead atoms. The van der Waals surface area contributed by atoms with Crippen LogP contribution in [0.2, 0.25) is 0 Å². The maximum Gasteiger partial charge on any atom is 0.272 e. The van der Waals surface area contributed by atoms with Gasteiger partial charge in [0.05, 0.1) is 0 Å². The Balaban J connectivity index is 1.46. The molecule has 0 atom stereocenters. The van der Waals surface area contributed by atoms with Crippen molar-refractivity contribution in [1.82, 2.24) is 4.98 Å². The maximum atomic E-state index is 12.9. The highest BCUT2D eigenvalue weighted by Crippen LogP contribution is 2.25. The van der Waals surface area contributed by atoms with Crippen LogP contribution in [0.15, 0.2) is 66.7 Å². The van der Waals surface area contributed by atoms with E-state index in [-0.39, 0.29) is 17.6 Å². The molecule has 9 heteroatoms. The van der Waals surface area contributed by atoms with Gasteiger partial charge in [0.15, 0.2) is 0 Å². The summed E-state index contributed by atoms with van der Waals surface area (Å²) in [6.07, 6.45) is 1.56. The number of alkyl halides is 2. The van der Waals surface area contributed by atoms with Crippen molar-refractivity contribution in [1.29, 1.82) is 0 Å². The van der Waals surface area contributed by atoms with E-state index >= 15 is 0 Å². The molecular weight excluding hydrogens is 523 g/mol. The molecule has 0 fully saturated rings. The first-order valence-corrected chi connectivity index (χ1v) is 13.5. The number of carbonyl (C=O) groups is 2. The van der Waals surface area contributed by atoms with Crippen molar-refractivity contribution in [2.75, 3.05) is 40.4 Å². The number of aryl methyl sites for hydroxylation is 1. The lowest BCUT2D eigenvalue weighted by atomic mass is 10.1. The lowest BCUT2D eigenvalue weighted by Gasteiger charge is -2.23. The van der Waals surface area contributed by atoms with Crippen molar-refractivity contribution < 1.29 is 14.7 Å². The summed E-state index contributed by atoms with van der Waals surface area (Å²) in [4.78, 5) is 31.1. The van der Waals surface area contributed by atoms with E-state index in [1.54, 1.807) is 36.4 Å². The number of hydrogen-bond acceptors (Lipinski definition) is 4. The maximum absolute atomic E-state index is 12.9. The number of aromatic hydroxyl groups is 1. The van der Waals surface area contributed by atoms with Crippen LogP contribution in [0.3, 0.4) is 0 Å². The number of aromatic amines is 1. The number of nitrogens with zero attached hydrogens (tertiary/aromatic N) is 1. The summed E-state index contributed by atoms with van der Waals surface area (Å²) in [5.41, 5.74) is 4.64. The van der Waals surface area contributed by atoms with E-state index < -0.39 is 0 Å². The summed E-state index contributed by atoms with van der Waals surface area (Å²) < 4.78 is 0. The molecule has 0 saturated carbocycles. The topological polar surface area (TPSA) is 97.5 Å². The average molecular weight is 553 g/mol. The number of halogens is 2. The van der Waals surface area contributed by atoms with Crippen molar-refractivity contribution in [3.63, 3.8) is 0 Å². The van der Waals surface area contributed by atoms with Crippen LogP contribution in [0.4, 0.5) is 17.1 Å². The summed E-state index contributed by atoms with van der Waals surface area (Å²) in [5.74, 6) is 0.417. The minimum Gasteiger partial charge on any atom is -0.508 e. The van der Waals surface area contributed by atoms with Crippen LogP contribution in [-0.4, -0.2) is 46.8 Å². The highest BCUT2D eigenvalue weighted by atomic mass is 35.5. The molecule has 4 N–H and O–H groups in total. The Bertz CT molecular complexity index is 1410. The van der Waals surface area contributed by atoms with Gasteiger partial charge in [-0.3, -0.25) is 9.59 Å². The Labute approximate surface area is 231 Å². The number of benzene rings is 3. The van der Waals surface area contributed by atoms with Gasteiger partial charge >= 0.3 is 0 Å². The van der Waals surface area contributed by atoms with Crippen molar-refractivity contribution in [3.05, 3.63) is 83.6 Å². The number of hydrogen-bond donors (Lipinski definition) is 4. The van der Waals surface area contributed by atoms with Crippen LogP contribution < -0.4 is 15.5 Å². The quantitative estimate of drug-likeness (QED) is 0.157. The number of nitrogens with one attached hydrogen (secondary N) is 3. The highest BCUT2D eigenvalue weighted by Gasteiger charge is 2.14. The minimum atomic E-state index is -0.348. The van der Waals surface area contributed by atoms with Gasteiger partial charge in [-0.15, -0.1) is 23.2 Å².